The third-order valence-electron chi connectivity index (χ3n) is 5.05. The lowest BCUT2D eigenvalue weighted by Gasteiger charge is -2.12. The average Bonchev–Trinajstić information content (AvgIpc) is 3.40. The summed E-state index contributed by atoms with van der Waals surface area (Å²) in [6.07, 6.45) is 1.48. The summed E-state index contributed by atoms with van der Waals surface area (Å²) in [5, 5.41) is 2.81. The van der Waals surface area contributed by atoms with E-state index in [1.54, 1.807) is 44.6 Å². The molecule has 0 atom stereocenters. The molecule has 0 unspecified atom stereocenters. The Morgan fingerprint density at radius 3 is 2.52 bits per heavy atom. The van der Waals surface area contributed by atoms with E-state index in [9.17, 15) is 14.4 Å². The molecule has 3 amide bonds. The van der Waals surface area contributed by atoms with Crippen LogP contribution in [0.1, 0.15) is 42.4 Å². The molecule has 1 aliphatic rings. The maximum Gasteiger partial charge on any atom is 0.261 e. The molecule has 0 saturated heterocycles. The molecule has 2 heterocycles. The fraction of sp³-hybridized carbons (Fsp3) is 0.174. The first kappa shape index (κ1) is 20.2. The van der Waals surface area contributed by atoms with Gasteiger partial charge in [-0.3, -0.25) is 19.3 Å². The smallest absolute Gasteiger partial charge is 0.261 e. The van der Waals surface area contributed by atoms with E-state index in [0.29, 0.717) is 17.3 Å². The van der Waals surface area contributed by atoms with Crippen LogP contribution in [0.15, 0.2) is 59.2 Å². The quantitative estimate of drug-likeness (QED) is 0.590. The van der Waals surface area contributed by atoms with Crippen LogP contribution in [0, 0.1) is 0 Å². The van der Waals surface area contributed by atoms with Gasteiger partial charge < -0.3 is 19.2 Å². The molecule has 0 bridgehead atoms. The lowest BCUT2D eigenvalue weighted by atomic mass is 10.1. The molecule has 158 valence electrons. The number of hydrogen-bond donors (Lipinski definition) is 1. The predicted molar refractivity (Wildman–Crippen MR) is 110 cm³/mol. The zero-order valence-electron chi connectivity index (χ0n) is 17.0. The van der Waals surface area contributed by atoms with Crippen molar-refractivity contribution in [3.8, 4) is 11.5 Å². The number of amides is 3. The number of methoxy groups -OCH3 is 2. The maximum atomic E-state index is 12.7. The summed E-state index contributed by atoms with van der Waals surface area (Å²) < 4.78 is 15.8. The van der Waals surface area contributed by atoms with Gasteiger partial charge in [0.25, 0.3) is 17.7 Å². The molecule has 8 nitrogen and oxygen atoms in total. The van der Waals surface area contributed by atoms with Gasteiger partial charge in [-0.05, 0) is 48.5 Å². The molecule has 0 saturated carbocycles. The van der Waals surface area contributed by atoms with Crippen molar-refractivity contribution in [2.45, 2.75) is 13.1 Å². The Bertz CT molecular complexity index is 1150. The van der Waals surface area contributed by atoms with Crippen LogP contribution in [-0.4, -0.2) is 36.8 Å². The standard InChI is InChI=1S/C23H20N2O6/c1-29-16-6-8-20(30-2)15(10-16)12-24-21(26)14-5-7-18-19(11-14)23(28)25(22(18)27)13-17-4-3-9-31-17/h3-11H,12-13H2,1-2H3,(H,24,26). The van der Waals surface area contributed by atoms with Gasteiger partial charge in [0.1, 0.15) is 17.3 Å². The van der Waals surface area contributed by atoms with Crippen LogP contribution in [0.3, 0.4) is 0 Å². The Kier molecular flexibility index (Phi) is 5.44. The summed E-state index contributed by atoms with van der Waals surface area (Å²) in [5.74, 6) is 0.509. The highest BCUT2D eigenvalue weighted by atomic mass is 16.5. The van der Waals surface area contributed by atoms with Crippen molar-refractivity contribution < 1.29 is 28.3 Å². The van der Waals surface area contributed by atoms with E-state index in [-0.39, 0.29) is 35.7 Å². The number of fused-ring (bicyclic) bond motifs is 1. The predicted octanol–water partition coefficient (Wildman–Crippen LogP) is 3.02. The van der Waals surface area contributed by atoms with Gasteiger partial charge in [-0.15, -0.1) is 0 Å². The molecule has 4 rings (SSSR count). The number of benzene rings is 2. The zero-order chi connectivity index (χ0) is 22.0. The number of ether oxygens (including phenoxy) is 2. The van der Waals surface area contributed by atoms with Crippen molar-refractivity contribution in [3.05, 3.63) is 82.8 Å². The Morgan fingerprint density at radius 1 is 1.00 bits per heavy atom. The monoisotopic (exact) mass is 420 g/mol. The number of imide groups is 1. The number of nitrogens with one attached hydrogen (secondary N) is 1. The first-order chi connectivity index (χ1) is 15.0. The summed E-state index contributed by atoms with van der Waals surface area (Å²) in [6, 6.07) is 13.1. The highest BCUT2D eigenvalue weighted by Gasteiger charge is 2.36. The van der Waals surface area contributed by atoms with Crippen LogP contribution in [0.4, 0.5) is 0 Å². The minimum Gasteiger partial charge on any atom is -0.497 e. The van der Waals surface area contributed by atoms with Crippen LogP contribution in [-0.2, 0) is 13.1 Å². The molecule has 31 heavy (non-hydrogen) atoms. The van der Waals surface area contributed by atoms with Gasteiger partial charge in [0.05, 0.1) is 38.2 Å². The van der Waals surface area contributed by atoms with E-state index in [2.05, 4.69) is 5.32 Å². The van der Waals surface area contributed by atoms with E-state index < -0.39 is 11.8 Å². The highest BCUT2D eigenvalue weighted by Crippen LogP contribution is 2.26. The lowest BCUT2D eigenvalue weighted by molar-refractivity contribution is 0.0631. The van der Waals surface area contributed by atoms with Gasteiger partial charge in [-0.25, -0.2) is 0 Å². The van der Waals surface area contributed by atoms with Gasteiger partial charge in [-0.2, -0.15) is 0 Å². The summed E-state index contributed by atoms with van der Waals surface area (Å²) in [6.45, 7) is 0.240. The van der Waals surface area contributed by atoms with Crippen LogP contribution in [0.5, 0.6) is 11.5 Å². The minimum atomic E-state index is -0.458. The van der Waals surface area contributed by atoms with E-state index in [1.807, 2.05) is 0 Å². The number of rotatable bonds is 7. The molecule has 1 aromatic heterocycles. The minimum absolute atomic E-state index is 0.0382. The second kappa shape index (κ2) is 8.35. The van der Waals surface area contributed by atoms with E-state index in [1.165, 1.54) is 24.5 Å². The molecule has 0 spiro atoms. The molecular formula is C23H20N2O6. The Hall–Kier alpha value is -4.07. The third-order valence-corrected chi connectivity index (χ3v) is 5.05. The van der Waals surface area contributed by atoms with Crippen LogP contribution in [0.2, 0.25) is 0 Å². The molecule has 0 radical (unpaired) electrons. The molecular weight excluding hydrogens is 400 g/mol. The number of carbonyl (C=O) groups is 3. The number of nitrogens with zero attached hydrogens (tertiary/aromatic N) is 1. The van der Waals surface area contributed by atoms with Crippen molar-refractivity contribution in [3.63, 3.8) is 0 Å². The molecule has 8 heteroatoms. The highest BCUT2D eigenvalue weighted by molar-refractivity contribution is 6.22. The molecule has 2 aromatic carbocycles. The number of furan rings is 1. The lowest BCUT2D eigenvalue weighted by Crippen LogP contribution is -2.28. The first-order valence-corrected chi connectivity index (χ1v) is 9.53. The Balaban J connectivity index is 1.50. The van der Waals surface area contributed by atoms with E-state index >= 15 is 0 Å². The van der Waals surface area contributed by atoms with Crippen LogP contribution in [0.25, 0.3) is 0 Å². The summed E-state index contributed by atoms with van der Waals surface area (Å²) in [7, 11) is 3.10. The molecule has 1 aliphatic heterocycles. The topological polar surface area (TPSA) is 98.1 Å². The molecule has 3 aromatic rings. The second-order valence-corrected chi connectivity index (χ2v) is 6.90. The van der Waals surface area contributed by atoms with Gasteiger partial charge in [0.2, 0.25) is 0 Å². The van der Waals surface area contributed by atoms with Crippen molar-refractivity contribution in [2.75, 3.05) is 14.2 Å². The van der Waals surface area contributed by atoms with Crippen molar-refractivity contribution in [2.24, 2.45) is 0 Å². The number of hydrogen-bond acceptors (Lipinski definition) is 6. The Morgan fingerprint density at radius 2 is 1.81 bits per heavy atom. The second-order valence-electron chi connectivity index (χ2n) is 6.90. The summed E-state index contributed by atoms with van der Waals surface area (Å²) in [5.41, 5.74) is 1.49. The van der Waals surface area contributed by atoms with E-state index in [4.69, 9.17) is 13.9 Å². The summed E-state index contributed by atoms with van der Waals surface area (Å²) in [4.78, 5) is 39.1. The number of carbonyl (C=O) groups excluding carboxylic acids is 3. The third kappa shape index (κ3) is 3.87. The molecule has 1 N–H and O–H groups in total. The average molecular weight is 420 g/mol. The van der Waals surface area contributed by atoms with Crippen molar-refractivity contribution in [1.29, 1.82) is 0 Å². The zero-order valence-corrected chi connectivity index (χ0v) is 17.0. The van der Waals surface area contributed by atoms with E-state index in [0.717, 1.165) is 10.5 Å². The van der Waals surface area contributed by atoms with Crippen LogP contribution >= 0.6 is 0 Å². The van der Waals surface area contributed by atoms with Gasteiger partial charge in [-0.1, -0.05) is 0 Å². The fourth-order valence-electron chi connectivity index (χ4n) is 3.43. The summed E-state index contributed by atoms with van der Waals surface area (Å²) >= 11 is 0. The van der Waals surface area contributed by atoms with Gasteiger partial charge in [0, 0.05) is 17.7 Å². The van der Waals surface area contributed by atoms with Gasteiger partial charge in [0.15, 0.2) is 0 Å². The fourth-order valence-corrected chi connectivity index (χ4v) is 3.43. The van der Waals surface area contributed by atoms with Gasteiger partial charge >= 0.3 is 0 Å². The largest absolute Gasteiger partial charge is 0.497 e. The van der Waals surface area contributed by atoms with Crippen molar-refractivity contribution in [1.82, 2.24) is 10.2 Å². The first-order valence-electron chi connectivity index (χ1n) is 9.53. The molecule has 0 aliphatic carbocycles. The van der Waals surface area contributed by atoms with Crippen molar-refractivity contribution >= 4 is 17.7 Å². The SMILES string of the molecule is COc1ccc(OC)c(CNC(=O)c2ccc3c(c2)C(=O)N(Cc2ccco2)C3=O)c1. The van der Waals surface area contributed by atoms with Crippen LogP contribution < -0.4 is 14.8 Å². The maximum absolute atomic E-state index is 12.7. The Labute approximate surface area is 178 Å². The molecule has 0 fully saturated rings. The normalized spacial score (nSPS) is 12.6.